The second kappa shape index (κ2) is 13.6. The van der Waals surface area contributed by atoms with Crippen LogP contribution in [0.25, 0.3) is 6.08 Å². The molecule has 3 aliphatic rings. The molecule has 3 heterocycles. The maximum absolute atomic E-state index is 10.7. The second-order valence-corrected chi connectivity index (χ2v) is 10.8. The van der Waals surface area contributed by atoms with Crippen LogP contribution in [0.5, 0.6) is 34.5 Å². The first-order chi connectivity index (χ1) is 21.9. The molecule has 2 aromatic rings. The number of benzene rings is 2. The summed E-state index contributed by atoms with van der Waals surface area (Å²) in [5, 5.41) is 102. The highest BCUT2D eigenvalue weighted by atomic mass is 16.7. The van der Waals surface area contributed by atoms with E-state index in [1.54, 1.807) is 0 Å². The summed E-state index contributed by atoms with van der Waals surface area (Å²) in [6.45, 7) is -1.44. The monoisotopic (exact) mass is 656 g/mol. The van der Waals surface area contributed by atoms with Gasteiger partial charge in [-0.3, -0.25) is 0 Å². The first-order valence-corrected chi connectivity index (χ1v) is 14.1. The van der Waals surface area contributed by atoms with Gasteiger partial charge in [0.05, 0.1) is 33.0 Å². The predicted molar refractivity (Wildman–Crippen MR) is 150 cm³/mol. The Morgan fingerprint density at radius 1 is 0.652 bits per heavy atom. The molecule has 0 radical (unpaired) electrons. The molecule has 2 fully saturated rings. The van der Waals surface area contributed by atoms with E-state index in [1.165, 1.54) is 38.5 Å². The average molecular weight is 657 g/mol. The third-order valence-corrected chi connectivity index (χ3v) is 7.88. The average Bonchev–Trinajstić information content (AvgIpc) is 3.05. The summed E-state index contributed by atoms with van der Waals surface area (Å²) in [7, 11) is 2.61. The van der Waals surface area contributed by atoms with Crippen molar-refractivity contribution >= 4 is 6.08 Å². The Morgan fingerprint density at radius 3 is 1.67 bits per heavy atom. The van der Waals surface area contributed by atoms with Crippen LogP contribution in [0.3, 0.4) is 0 Å². The van der Waals surface area contributed by atoms with Crippen molar-refractivity contribution in [1.82, 2.24) is 0 Å². The van der Waals surface area contributed by atoms with E-state index in [4.69, 9.17) is 33.2 Å². The molecule has 5 rings (SSSR count). The Morgan fingerprint density at radius 2 is 1.17 bits per heavy atom. The first-order valence-electron chi connectivity index (χ1n) is 14.1. The van der Waals surface area contributed by atoms with Crippen LogP contribution in [0.2, 0.25) is 0 Å². The van der Waals surface area contributed by atoms with Crippen LogP contribution < -0.4 is 18.9 Å². The number of phenolic OH excluding ortho intramolecular Hbond substituents is 2. The van der Waals surface area contributed by atoms with Crippen LogP contribution in [-0.4, -0.2) is 140 Å². The molecule has 11 atom stereocenters. The molecule has 254 valence electrons. The number of aromatic hydroxyl groups is 2. The molecule has 0 saturated carbocycles. The Labute approximate surface area is 261 Å². The first kappa shape index (κ1) is 33.7. The van der Waals surface area contributed by atoms with Gasteiger partial charge < -0.3 is 84.2 Å². The highest BCUT2D eigenvalue weighted by molar-refractivity contribution is 5.70. The van der Waals surface area contributed by atoms with E-state index in [9.17, 15) is 51.1 Å². The predicted octanol–water partition coefficient (Wildman–Crippen LogP) is -2.42. The standard InChI is InChI=1S/C29H36O17/c1-40-15-3-10(4-16(41-2)20(15)33)27-17(44-29-26(39)24(37)22(35)19(9-31)46-29)7-12-13(42-27)5-11(32)6-14(12)43-28-25(38)23(36)21(34)18(8-30)45-28/h3-7,18-19,21-39H,8-9H2,1-2H3/t18-,19-,21-,22-,23+,24+,25-,26-,27?,28+,29+/m0/s1. The summed E-state index contributed by atoms with van der Waals surface area (Å²) in [5.74, 6) is -1.05. The van der Waals surface area contributed by atoms with Gasteiger partial charge in [-0.05, 0) is 18.2 Å². The van der Waals surface area contributed by atoms with Crippen molar-refractivity contribution < 1.29 is 84.2 Å². The van der Waals surface area contributed by atoms with Gasteiger partial charge in [0.25, 0.3) is 0 Å². The number of aliphatic hydroxyl groups is 8. The Bertz CT molecular complexity index is 1390. The summed E-state index contributed by atoms with van der Waals surface area (Å²) >= 11 is 0. The van der Waals surface area contributed by atoms with E-state index in [-0.39, 0.29) is 51.4 Å². The Kier molecular flexibility index (Phi) is 9.99. The maximum Gasteiger partial charge on any atom is 0.229 e. The normalized spacial score (nSPS) is 34.1. The van der Waals surface area contributed by atoms with Crippen molar-refractivity contribution in [1.29, 1.82) is 0 Å². The lowest BCUT2D eigenvalue weighted by atomic mass is 9.98. The van der Waals surface area contributed by atoms with E-state index in [0.717, 1.165) is 6.07 Å². The van der Waals surface area contributed by atoms with Crippen LogP contribution in [0.15, 0.2) is 30.0 Å². The third-order valence-electron chi connectivity index (χ3n) is 7.88. The fourth-order valence-electron chi connectivity index (χ4n) is 5.31. The Hall–Kier alpha value is -3.62. The fraction of sp³-hybridized carbons (Fsp3) is 0.517. The lowest BCUT2D eigenvalue weighted by molar-refractivity contribution is -0.293. The van der Waals surface area contributed by atoms with Gasteiger partial charge in [0.15, 0.2) is 17.6 Å². The van der Waals surface area contributed by atoms with E-state index < -0.39 is 80.7 Å². The number of ether oxygens (including phenoxy) is 7. The molecule has 1 unspecified atom stereocenters. The number of hydrogen-bond donors (Lipinski definition) is 10. The van der Waals surface area contributed by atoms with Gasteiger partial charge in [-0.1, -0.05) is 0 Å². The van der Waals surface area contributed by atoms with Gasteiger partial charge in [-0.25, -0.2) is 0 Å². The van der Waals surface area contributed by atoms with E-state index in [0.29, 0.717) is 0 Å². The number of hydrogen-bond acceptors (Lipinski definition) is 17. The summed E-state index contributed by atoms with van der Waals surface area (Å²) in [6, 6.07) is 5.13. The Balaban J connectivity index is 1.59. The molecule has 0 aromatic heterocycles. The summed E-state index contributed by atoms with van der Waals surface area (Å²) in [5.41, 5.74) is 0.330. The molecule has 0 amide bonds. The van der Waals surface area contributed by atoms with Crippen molar-refractivity contribution in [3.05, 3.63) is 41.2 Å². The van der Waals surface area contributed by atoms with Gasteiger partial charge in [0.2, 0.25) is 18.3 Å². The molecule has 2 aromatic carbocycles. The highest BCUT2D eigenvalue weighted by Gasteiger charge is 2.47. The van der Waals surface area contributed by atoms with Crippen LogP contribution in [0.1, 0.15) is 17.2 Å². The van der Waals surface area contributed by atoms with Crippen molar-refractivity contribution in [3.8, 4) is 34.5 Å². The number of aliphatic hydroxyl groups excluding tert-OH is 8. The molecule has 3 aliphatic heterocycles. The molecular formula is C29H36O17. The highest BCUT2D eigenvalue weighted by Crippen LogP contribution is 2.48. The molecule has 10 N–H and O–H groups in total. The zero-order valence-corrected chi connectivity index (χ0v) is 24.5. The minimum atomic E-state index is -1.81. The van der Waals surface area contributed by atoms with Gasteiger partial charge in [-0.15, -0.1) is 0 Å². The molecule has 0 aliphatic carbocycles. The summed E-state index contributed by atoms with van der Waals surface area (Å²) in [4.78, 5) is 0. The van der Waals surface area contributed by atoms with Gasteiger partial charge in [0.1, 0.15) is 71.8 Å². The quantitative estimate of drug-likeness (QED) is 0.135. The maximum atomic E-state index is 10.7. The number of fused-ring (bicyclic) bond motifs is 1. The van der Waals surface area contributed by atoms with Crippen LogP contribution in [0, 0.1) is 0 Å². The minimum Gasteiger partial charge on any atom is -0.508 e. The molecule has 0 bridgehead atoms. The molecule has 17 heteroatoms. The lowest BCUT2D eigenvalue weighted by Crippen LogP contribution is -2.60. The number of rotatable bonds is 9. The minimum absolute atomic E-state index is 0.0153. The van der Waals surface area contributed by atoms with Crippen molar-refractivity contribution in [3.63, 3.8) is 0 Å². The van der Waals surface area contributed by atoms with Gasteiger partial charge >= 0.3 is 0 Å². The zero-order chi connectivity index (χ0) is 33.4. The summed E-state index contributed by atoms with van der Waals surface area (Å²) < 4.78 is 39.5. The largest absolute Gasteiger partial charge is 0.508 e. The van der Waals surface area contributed by atoms with E-state index in [1.807, 2.05) is 0 Å². The third kappa shape index (κ3) is 6.21. The van der Waals surface area contributed by atoms with Crippen molar-refractivity contribution in [2.24, 2.45) is 0 Å². The smallest absolute Gasteiger partial charge is 0.229 e. The topological polar surface area (TPSA) is 267 Å². The lowest BCUT2D eigenvalue weighted by Gasteiger charge is -2.41. The number of phenols is 2. The van der Waals surface area contributed by atoms with E-state index >= 15 is 0 Å². The van der Waals surface area contributed by atoms with Gasteiger partial charge in [0, 0.05) is 17.7 Å². The summed E-state index contributed by atoms with van der Waals surface area (Å²) in [6.07, 6.45) is -16.3. The van der Waals surface area contributed by atoms with Crippen LogP contribution in [-0.2, 0) is 14.2 Å². The van der Waals surface area contributed by atoms with Crippen LogP contribution in [0.4, 0.5) is 0 Å². The zero-order valence-electron chi connectivity index (χ0n) is 24.5. The molecule has 2 saturated heterocycles. The van der Waals surface area contributed by atoms with Gasteiger partial charge in [-0.2, -0.15) is 0 Å². The van der Waals surface area contributed by atoms with E-state index in [2.05, 4.69) is 0 Å². The SMILES string of the molecule is COc1cc(C2Oc3cc(O)cc(O[C@@H]4O[C@@H](CO)[C@H](O)[C@@H](O)[C@@H]4O)c3C=C2O[C@@H]2O[C@@H](CO)[C@H](O)[C@@H](O)[C@@H]2O)cc(OC)c1O. The number of methoxy groups -OCH3 is 2. The molecule has 17 nitrogen and oxygen atoms in total. The molecule has 0 spiro atoms. The molecule has 46 heavy (non-hydrogen) atoms. The van der Waals surface area contributed by atoms with Crippen molar-refractivity contribution in [2.45, 2.75) is 67.5 Å². The van der Waals surface area contributed by atoms with Crippen molar-refractivity contribution in [2.75, 3.05) is 27.4 Å². The van der Waals surface area contributed by atoms with Crippen LogP contribution >= 0.6 is 0 Å². The fourth-order valence-corrected chi connectivity index (χ4v) is 5.31. The molecular weight excluding hydrogens is 620 g/mol. The second-order valence-electron chi connectivity index (χ2n) is 10.8.